The van der Waals surface area contributed by atoms with E-state index in [4.69, 9.17) is 6.57 Å². The van der Waals surface area contributed by atoms with Gasteiger partial charge < -0.3 is 9.25 Å². The molecule has 3 aromatic carbocycles. The lowest BCUT2D eigenvalue weighted by atomic mass is 9.82. The van der Waals surface area contributed by atoms with Crippen LogP contribution in [0, 0.1) is 20.4 Å². The van der Waals surface area contributed by atoms with Crippen molar-refractivity contribution < 1.29 is 4.57 Å². The Balaban J connectivity index is 2.04. The molecule has 0 aliphatic rings. The van der Waals surface area contributed by atoms with E-state index in [0.717, 1.165) is 6.42 Å². The SMILES string of the molecule is [C-]#[N+]C(C)(C)Cc1cc2cc[n+](C)c3c4c(C)c(C)cc(C(C)(C)C)c4n4c5ccccc5c1c4c23. The average Bonchev–Trinajstić information content (AvgIpc) is 3.17. The number of pyridine rings is 2. The molecule has 3 nitrogen and oxygen atoms in total. The highest BCUT2D eigenvalue weighted by molar-refractivity contribution is 6.28. The van der Waals surface area contributed by atoms with Crippen LogP contribution < -0.4 is 4.57 Å². The van der Waals surface area contributed by atoms with Gasteiger partial charge in [-0.15, -0.1) is 0 Å². The summed E-state index contributed by atoms with van der Waals surface area (Å²) >= 11 is 0. The summed E-state index contributed by atoms with van der Waals surface area (Å²) in [6.45, 7) is 23.4. The van der Waals surface area contributed by atoms with E-state index in [1.54, 1.807) is 0 Å². The zero-order valence-electron chi connectivity index (χ0n) is 22.7. The maximum atomic E-state index is 7.82. The monoisotopic (exact) mass is 472 g/mol. The van der Waals surface area contributed by atoms with E-state index in [2.05, 4.69) is 118 Å². The van der Waals surface area contributed by atoms with Gasteiger partial charge in [-0.05, 0) is 59.0 Å². The quantitative estimate of drug-likeness (QED) is 0.105. The van der Waals surface area contributed by atoms with Crippen LogP contribution in [0.2, 0.25) is 0 Å². The Hall–Kier alpha value is -3.64. The second-order valence-corrected chi connectivity index (χ2v) is 12.3. The molecule has 0 spiro atoms. The third kappa shape index (κ3) is 2.94. The van der Waals surface area contributed by atoms with Crippen molar-refractivity contribution in [1.82, 2.24) is 4.40 Å². The van der Waals surface area contributed by atoms with E-state index in [0.29, 0.717) is 0 Å². The van der Waals surface area contributed by atoms with Gasteiger partial charge in [0.1, 0.15) is 7.05 Å². The first-order chi connectivity index (χ1) is 16.9. The summed E-state index contributed by atoms with van der Waals surface area (Å²) in [4.78, 5) is 3.98. The number of rotatable bonds is 2. The van der Waals surface area contributed by atoms with E-state index in [1.807, 2.05) is 0 Å². The zero-order valence-corrected chi connectivity index (χ0v) is 22.7. The van der Waals surface area contributed by atoms with Crippen LogP contribution in [0.3, 0.4) is 0 Å². The number of benzene rings is 3. The largest absolute Gasteiger partial charge is 0.311 e. The maximum Gasteiger partial charge on any atom is 0.231 e. The van der Waals surface area contributed by atoms with Crippen LogP contribution in [-0.4, -0.2) is 9.94 Å². The van der Waals surface area contributed by atoms with E-state index in [-0.39, 0.29) is 5.41 Å². The van der Waals surface area contributed by atoms with E-state index < -0.39 is 5.54 Å². The second-order valence-electron chi connectivity index (χ2n) is 12.3. The van der Waals surface area contributed by atoms with Crippen molar-refractivity contribution >= 4 is 49.0 Å². The summed E-state index contributed by atoms with van der Waals surface area (Å²) < 4.78 is 4.86. The van der Waals surface area contributed by atoms with E-state index in [9.17, 15) is 0 Å². The first-order valence-electron chi connectivity index (χ1n) is 12.9. The Morgan fingerprint density at radius 2 is 1.64 bits per heavy atom. The van der Waals surface area contributed by atoms with Gasteiger partial charge in [0.2, 0.25) is 11.1 Å². The third-order valence-electron chi connectivity index (χ3n) is 8.13. The first-order valence-corrected chi connectivity index (χ1v) is 12.9. The minimum Gasteiger partial charge on any atom is -0.311 e. The zero-order chi connectivity index (χ0) is 25.7. The number of fused-ring (bicyclic) bond motifs is 6. The molecule has 0 aliphatic heterocycles. The number of aryl methyl sites for hydroxylation is 3. The maximum absolute atomic E-state index is 7.82. The van der Waals surface area contributed by atoms with Gasteiger partial charge >= 0.3 is 0 Å². The highest BCUT2D eigenvalue weighted by Crippen LogP contribution is 2.46. The van der Waals surface area contributed by atoms with Gasteiger partial charge in [0.15, 0.2) is 6.20 Å². The first kappa shape index (κ1) is 22.8. The fourth-order valence-electron chi connectivity index (χ4n) is 6.27. The molecule has 0 fully saturated rings. The molecule has 0 saturated heterocycles. The van der Waals surface area contributed by atoms with Crippen molar-refractivity contribution in [2.24, 2.45) is 7.05 Å². The Morgan fingerprint density at radius 3 is 2.33 bits per heavy atom. The number of aromatic nitrogens is 2. The molecule has 0 radical (unpaired) electrons. The smallest absolute Gasteiger partial charge is 0.231 e. The van der Waals surface area contributed by atoms with Crippen LogP contribution in [0.25, 0.3) is 53.8 Å². The van der Waals surface area contributed by atoms with Crippen LogP contribution in [0.4, 0.5) is 0 Å². The molecule has 3 heterocycles. The number of hydrogen-bond acceptors (Lipinski definition) is 0. The summed E-state index contributed by atoms with van der Waals surface area (Å²) in [7, 11) is 2.18. The van der Waals surface area contributed by atoms with E-state index in [1.165, 1.54) is 71.3 Å². The van der Waals surface area contributed by atoms with Crippen molar-refractivity contribution in [2.45, 2.75) is 65.8 Å². The molecule has 0 bridgehead atoms. The molecule has 6 aromatic rings. The van der Waals surface area contributed by atoms with Crippen LogP contribution >= 0.6 is 0 Å². The molecule has 0 N–H and O–H groups in total. The van der Waals surface area contributed by atoms with Crippen LogP contribution in [-0.2, 0) is 18.9 Å². The van der Waals surface area contributed by atoms with E-state index >= 15 is 0 Å². The van der Waals surface area contributed by atoms with Crippen LogP contribution in [0.5, 0.6) is 0 Å². The summed E-state index contributed by atoms with van der Waals surface area (Å²) in [5, 5.41) is 6.48. The van der Waals surface area contributed by atoms with Gasteiger partial charge in [-0.25, -0.2) is 11.1 Å². The normalized spacial score (nSPS) is 13.1. The lowest BCUT2D eigenvalue weighted by molar-refractivity contribution is -0.643. The predicted molar refractivity (Wildman–Crippen MR) is 152 cm³/mol. The molecule has 0 atom stereocenters. The Kier molecular flexibility index (Phi) is 4.56. The number of hydrogen-bond donors (Lipinski definition) is 0. The van der Waals surface area contributed by atoms with Crippen LogP contribution in [0.15, 0.2) is 48.7 Å². The lowest BCUT2D eigenvalue weighted by Crippen LogP contribution is -2.29. The van der Waals surface area contributed by atoms with Crippen molar-refractivity contribution in [1.29, 1.82) is 0 Å². The Bertz CT molecular complexity index is 1900. The van der Waals surface area contributed by atoms with Crippen molar-refractivity contribution in [3.05, 3.63) is 82.3 Å². The Morgan fingerprint density at radius 1 is 0.917 bits per heavy atom. The molecule has 0 unspecified atom stereocenters. The molecule has 6 rings (SSSR count). The molecular weight excluding hydrogens is 438 g/mol. The molecule has 0 amide bonds. The minimum atomic E-state index is -0.460. The minimum absolute atomic E-state index is 0.0199. The lowest BCUT2D eigenvalue weighted by Gasteiger charge is -2.25. The third-order valence-corrected chi connectivity index (χ3v) is 8.13. The van der Waals surface area contributed by atoms with Crippen molar-refractivity contribution in [3.8, 4) is 0 Å². The average molecular weight is 473 g/mol. The number of para-hydroxylation sites is 1. The summed E-state index contributed by atoms with van der Waals surface area (Å²) in [6, 6.07) is 15.8. The molecule has 0 aliphatic carbocycles. The topological polar surface area (TPSA) is 12.7 Å². The van der Waals surface area contributed by atoms with Gasteiger partial charge in [0, 0.05) is 30.7 Å². The van der Waals surface area contributed by atoms with Gasteiger partial charge in [0.25, 0.3) is 0 Å². The molecule has 3 aromatic heterocycles. The standard InChI is InChI=1S/C33H34N3/c1-19-16-24(32(3,4)5)29-26(20(19)2)30-28-21(14-15-35(30)9)17-22(18-33(6,7)34-8)27-23-12-10-11-13-25(23)36(29)31(27)28/h10-17H,18H2,1-7,9H3/q+1. The molecular formula is C33H34N3+. The number of nitrogens with zero attached hydrogens (tertiary/aromatic N) is 3. The molecule has 0 saturated carbocycles. The van der Waals surface area contributed by atoms with Gasteiger partial charge in [-0.3, -0.25) is 0 Å². The summed E-state index contributed by atoms with van der Waals surface area (Å²) in [5.74, 6) is 0. The summed E-state index contributed by atoms with van der Waals surface area (Å²) in [6.07, 6.45) is 2.92. The fourth-order valence-corrected chi connectivity index (χ4v) is 6.27. The van der Waals surface area contributed by atoms with Crippen molar-refractivity contribution in [2.75, 3.05) is 0 Å². The second kappa shape index (κ2) is 7.20. The van der Waals surface area contributed by atoms with Gasteiger partial charge in [0.05, 0.1) is 33.7 Å². The highest BCUT2D eigenvalue weighted by atomic mass is 15.0. The fraction of sp³-hybridized carbons (Fsp3) is 0.333. The van der Waals surface area contributed by atoms with Gasteiger partial charge in [-0.2, -0.15) is 0 Å². The molecule has 180 valence electrons. The van der Waals surface area contributed by atoms with Gasteiger partial charge in [-0.1, -0.05) is 45.0 Å². The molecule has 36 heavy (non-hydrogen) atoms. The van der Waals surface area contributed by atoms with Crippen LogP contribution in [0.1, 0.15) is 56.9 Å². The van der Waals surface area contributed by atoms with Crippen molar-refractivity contribution in [3.63, 3.8) is 0 Å². The molecule has 3 heteroatoms. The highest BCUT2D eigenvalue weighted by Gasteiger charge is 2.32. The summed E-state index contributed by atoms with van der Waals surface area (Å²) in [5.41, 5.74) is 9.98. The predicted octanol–water partition coefficient (Wildman–Crippen LogP) is 7.97. The Labute approximate surface area is 213 Å².